The van der Waals surface area contributed by atoms with Gasteiger partial charge in [-0.3, -0.25) is 0 Å². The summed E-state index contributed by atoms with van der Waals surface area (Å²) in [6.07, 6.45) is 0.893. The van der Waals surface area contributed by atoms with Crippen LogP contribution in [0, 0.1) is 5.82 Å². The largest absolute Gasteiger partial charge is 0.456 e. The van der Waals surface area contributed by atoms with E-state index in [0.29, 0.717) is 16.0 Å². The van der Waals surface area contributed by atoms with Crippen molar-refractivity contribution in [2.45, 2.75) is 19.4 Å². The Labute approximate surface area is 120 Å². The lowest BCUT2D eigenvalue weighted by atomic mass is 10.1. The highest BCUT2D eigenvalue weighted by atomic mass is 79.9. The van der Waals surface area contributed by atoms with Gasteiger partial charge in [0.1, 0.15) is 17.3 Å². The monoisotopic (exact) mass is 323 g/mol. The minimum absolute atomic E-state index is 0.0478. The van der Waals surface area contributed by atoms with Gasteiger partial charge in [-0.15, -0.1) is 0 Å². The maximum Gasteiger partial charge on any atom is 0.141 e. The Bertz CT molecular complexity index is 557. The molecule has 4 heteroatoms. The van der Waals surface area contributed by atoms with Crippen molar-refractivity contribution in [3.05, 3.63) is 58.3 Å². The van der Waals surface area contributed by atoms with Crippen LogP contribution in [0.25, 0.3) is 0 Å². The van der Waals surface area contributed by atoms with E-state index >= 15 is 0 Å². The predicted molar refractivity (Wildman–Crippen MR) is 77.8 cm³/mol. The van der Waals surface area contributed by atoms with Crippen molar-refractivity contribution in [3.63, 3.8) is 0 Å². The van der Waals surface area contributed by atoms with Crippen molar-refractivity contribution in [3.8, 4) is 11.5 Å². The summed E-state index contributed by atoms with van der Waals surface area (Å²) in [5.41, 5.74) is 7.02. The van der Waals surface area contributed by atoms with Gasteiger partial charge in [0.25, 0.3) is 0 Å². The summed E-state index contributed by atoms with van der Waals surface area (Å²) in [5, 5.41) is 0. The molecule has 2 N–H and O–H groups in total. The molecule has 19 heavy (non-hydrogen) atoms. The Morgan fingerprint density at radius 1 is 1.21 bits per heavy atom. The number of halogens is 2. The number of hydrogen-bond acceptors (Lipinski definition) is 2. The number of nitrogens with two attached hydrogens (primary N) is 1. The fourth-order valence-corrected chi connectivity index (χ4v) is 2.14. The molecule has 0 aliphatic heterocycles. The van der Waals surface area contributed by atoms with Crippen LogP contribution >= 0.6 is 15.9 Å². The summed E-state index contributed by atoms with van der Waals surface area (Å²) >= 11 is 3.27. The van der Waals surface area contributed by atoms with Gasteiger partial charge in [0, 0.05) is 6.04 Å². The van der Waals surface area contributed by atoms with E-state index in [1.54, 1.807) is 6.07 Å². The quantitative estimate of drug-likeness (QED) is 0.877. The van der Waals surface area contributed by atoms with Crippen molar-refractivity contribution >= 4 is 15.9 Å². The van der Waals surface area contributed by atoms with E-state index in [1.165, 1.54) is 12.1 Å². The average Bonchev–Trinajstić information content (AvgIpc) is 2.42. The van der Waals surface area contributed by atoms with Crippen LogP contribution in [0.2, 0.25) is 0 Å². The van der Waals surface area contributed by atoms with Crippen molar-refractivity contribution in [1.29, 1.82) is 0 Å². The molecule has 0 spiro atoms. The first kappa shape index (κ1) is 14.0. The van der Waals surface area contributed by atoms with Gasteiger partial charge in [0.2, 0.25) is 0 Å². The summed E-state index contributed by atoms with van der Waals surface area (Å²) in [6, 6.07) is 12.0. The summed E-state index contributed by atoms with van der Waals surface area (Å²) in [6.45, 7) is 2.05. The lowest BCUT2D eigenvalue weighted by Crippen LogP contribution is -2.08. The summed E-state index contributed by atoms with van der Waals surface area (Å²) in [5.74, 6) is 0.969. The second kappa shape index (κ2) is 6.17. The third-order valence-electron chi connectivity index (χ3n) is 2.87. The molecule has 2 nitrogen and oxygen atoms in total. The molecule has 0 radical (unpaired) electrons. The van der Waals surface area contributed by atoms with Gasteiger partial charge < -0.3 is 10.5 Å². The van der Waals surface area contributed by atoms with E-state index in [0.717, 1.165) is 12.0 Å². The molecule has 0 saturated carbocycles. The molecule has 0 unspecified atom stereocenters. The van der Waals surface area contributed by atoms with Crippen molar-refractivity contribution in [2.24, 2.45) is 5.73 Å². The molecule has 0 aliphatic rings. The lowest BCUT2D eigenvalue weighted by Gasteiger charge is -2.11. The molecule has 100 valence electrons. The number of hydrogen-bond donors (Lipinski definition) is 1. The molecular weight excluding hydrogens is 309 g/mol. The van der Waals surface area contributed by atoms with Crippen LogP contribution in [0.15, 0.2) is 46.9 Å². The van der Waals surface area contributed by atoms with Crippen molar-refractivity contribution in [2.75, 3.05) is 0 Å². The van der Waals surface area contributed by atoms with E-state index in [-0.39, 0.29) is 11.9 Å². The number of rotatable bonds is 4. The Morgan fingerprint density at radius 2 is 1.89 bits per heavy atom. The zero-order valence-corrected chi connectivity index (χ0v) is 12.2. The highest BCUT2D eigenvalue weighted by Gasteiger charge is 2.06. The Balaban J connectivity index is 2.15. The van der Waals surface area contributed by atoms with Gasteiger partial charge in [-0.2, -0.15) is 0 Å². The van der Waals surface area contributed by atoms with Crippen LogP contribution in [0.5, 0.6) is 11.5 Å². The standard InChI is InChI=1S/C15H15BrFNO/c1-2-14(18)10-3-6-12(7-4-10)19-15-8-5-11(17)9-13(15)16/h3-9,14H,2,18H2,1H3/t14-/m0/s1. The minimum atomic E-state index is -0.302. The molecule has 0 aliphatic carbocycles. The number of benzene rings is 2. The van der Waals surface area contributed by atoms with Gasteiger partial charge in [-0.05, 0) is 58.2 Å². The van der Waals surface area contributed by atoms with Gasteiger partial charge >= 0.3 is 0 Å². The van der Waals surface area contributed by atoms with Crippen LogP contribution in [-0.2, 0) is 0 Å². The fourth-order valence-electron chi connectivity index (χ4n) is 1.70. The molecule has 0 saturated heterocycles. The van der Waals surface area contributed by atoms with Crippen LogP contribution in [0.1, 0.15) is 24.9 Å². The lowest BCUT2D eigenvalue weighted by molar-refractivity contribution is 0.477. The smallest absolute Gasteiger partial charge is 0.141 e. The highest BCUT2D eigenvalue weighted by molar-refractivity contribution is 9.10. The SMILES string of the molecule is CC[C@H](N)c1ccc(Oc2ccc(F)cc2Br)cc1. The third-order valence-corrected chi connectivity index (χ3v) is 3.49. The minimum Gasteiger partial charge on any atom is -0.456 e. The maximum absolute atomic E-state index is 13.0. The molecular formula is C15H15BrFNO. The molecule has 0 amide bonds. The summed E-state index contributed by atoms with van der Waals surface area (Å²) in [7, 11) is 0. The second-order valence-electron chi connectivity index (χ2n) is 4.26. The van der Waals surface area contributed by atoms with Gasteiger partial charge in [-0.25, -0.2) is 4.39 Å². The van der Waals surface area contributed by atoms with Gasteiger partial charge in [0.05, 0.1) is 4.47 Å². The number of ether oxygens (including phenoxy) is 1. The third kappa shape index (κ3) is 3.55. The Kier molecular flexibility index (Phi) is 4.56. The van der Waals surface area contributed by atoms with E-state index < -0.39 is 0 Å². The van der Waals surface area contributed by atoms with Gasteiger partial charge in [0.15, 0.2) is 0 Å². The Morgan fingerprint density at radius 3 is 2.47 bits per heavy atom. The van der Waals surface area contributed by atoms with E-state index in [9.17, 15) is 4.39 Å². The molecule has 0 heterocycles. The first-order chi connectivity index (χ1) is 9.10. The molecule has 0 fully saturated rings. The normalized spacial score (nSPS) is 12.2. The zero-order chi connectivity index (χ0) is 13.8. The molecule has 2 aromatic rings. The first-order valence-electron chi connectivity index (χ1n) is 6.08. The van der Waals surface area contributed by atoms with Crippen LogP contribution in [0.4, 0.5) is 4.39 Å². The highest BCUT2D eigenvalue weighted by Crippen LogP contribution is 2.30. The zero-order valence-electron chi connectivity index (χ0n) is 10.6. The van der Waals surface area contributed by atoms with Crippen LogP contribution < -0.4 is 10.5 Å². The Hall–Kier alpha value is -1.39. The first-order valence-corrected chi connectivity index (χ1v) is 6.88. The summed E-state index contributed by atoms with van der Waals surface area (Å²) < 4.78 is 19.2. The van der Waals surface area contributed by atoms with E-state index in [4.69, 9.17) is 10.5 Å². The van der Waals surface area contributed by atoms with Crippen molar-refractivity contribution in [1.82, 2.24) is 0 Å². The average molecular weight is 324 g/mol. The van der Waals surface area contributed by atoms with Crippen LogP contribution in [0.3, 0.4) is 0 Å². The fraction of sp³-hybridized carbons (Fsp3) is 0.200. The van der Waals surface area contributed by atoms with E-state index in [1.807, 2.05) is 31.2 Å². The molecule has 0 aromatic heterocycles. The van der Waals surface area contributed by atoms with Gasteiger partial charge in [-0.1, -0.05) is 19.1 Å². The van der Waals surface area contributed by atoms with Crippen LogP contribution in [-0.4, -0.2) is 0 Å². The predicted octanol–water partition coefficient (Wildman–Crippen LogP) is 4.79. The van der Waals surface area contributed by atoms with E-state index in [2.05, 4.69) is 15.9 Å². The topological polar surface area (TPSA) is 35.2 Å². The molecule has 2 aromatic carbocycles. The molecule has 0 bridgehead atoms. The summed E-state index contributed by atoms with van der Waals surface area (Å²) in [4.78, 5) is 0. The molecule has 1 atom stereocenters. The second-order valence-corrected chi connectivity index (χ2v) is 5.11. The molecule has 2 rings (SSSR count). The van der Waals surface area contributed by atoms with Crippen molar-refractivity contribution < 1.29 is 9.13 Å². The maximum atomic E-state index is 13.0.